The molecule has 1 aromatic heterocycles. The lowest BCUT2D eigenvalue weighted by atomic mass is 10.00. The molecule has 9 nitrogen and oxygen atoms in total. The van der Waals surface area contributed by atoms with Gasteiger partial charge in [-0.15, -0.1) is 0 Å². The Morgan fingerprint density at radius 1 is 0.935 bits per heavy atom. The second kappa shape index (κ2) is 8.27. The van der Waals surface area contributed by atoms with Gasteiger partial charge in [-0.2, -0.15) is 4.98 Å². The summed E-state index contributed by atoms with van der Waals surface area (Å²) < 4.78 is 35.4. The minimum Gasteiger partial charge on any atom is -0.437 e. The third-order valence-electron chi connectivity index (χ3n) is 4.48. The number of aliphatic imine (C=N–C) groups is 1. The van der Waals surface area contributed by atoms with Gasteiger partial charge in [-0.3, -0.25) is 9.56 Å². The first-order valence-electron chi connectivity index (χ1n) is 9.05. The molecule has 0 fully saturated rings. The second-order valence-electron chi connectivity index (χ2n) is 6.25. The summed E-state index contributed by atoms with van der Waals surface area (Å²) in [6.07, 6.45) is -2.10. The van der Waals surface area contributed by atoms with E-state index in [0.29, 0.717) is 22.5 Å². The van der Waals surface area contributed by atoms with E-state index in [-0.39, 0.29) is 24.1 Å². The van der Waals surface area contributed by atoms with Gasteiger partial charge in [0.05, 0.1) is 32.2 Å². The molecule has 1 aliphatic heterocycles. The van der Waals surface area contributed by atoms with Crippen molar-refractivity contribution in [3.8, 4) is 17.4 Å². The SMILES string of the molecule is COC(=O)Oc1nc2n(c1OC(=O)OC)-c1ccccc1C(c1ccccc1F)=NC2. The van der Waals surface area contributed by atoms with Crippen LogP contribution in [0.3, 0.4) is 0 Å². The number of rotatable bonds is 3. The zero-order valence-corrected chi connectivity index (χ0v) is 16.5. The Morgan fingerprint density at radius 3 is 2.29 bits per heavy atom. The van der Waals surface area contributed by atoms with Crippen LogP contribution in [-0.2, 0) is 16.0 Å². The average Bonchev–Trinajstić information content (AvgIpc) is 3.02. The number of imidazole rings is 1. The predicted octanol–water partition coefficient (Wildman–Crippen LogP) is 3.65. The van der Waals surface area contributed by atoms with Gasteiger partial charge in [0.2, 0.25) is 0 Å². The van der Waals surface area contributed by atoms with Crippen molar-refractivity contribution in [2.24, 2.45) is 4.99 Å². The van der Waals surface area contributed by atoms with Gasteiger partial charge in [0.25, 0.3) is 11.8 Å². The Labute approximate surface area is 175 Å². The Hall–Kier alpha value is -4.21. The number of methoxy groups -OCH3 is 2. The molecule has 2 heterocycles. The van der Waals surface area contributed by atoms with Crippen molar-refractivity contribution in [1.29, 1.82) is 0 Å². The molecule has 1 aliphatic rings. The standard InChI is InChI=1S/C21H16FN3O6/c1-28-20(26)30-18-19(31-21(27)29-2)25-15-10-6-4-8-13(15)17(23-11-16(25)24-18)12-7-3-5-9-14(12)22/h3-10H,11H2,1-2H3. The molecular weight excluding hydrogens is 409 g/mol. The lowest BCUT2D eigenvalue weighted by molar-refractivity contribution is 0.108. The zero-order valence-electron chi connectivity index (χ0n) is 16.5. The number of carbonyl (C=O) groups is 2. The van der Waals surface area contributed by atoms with Gasteiger partial charge < -0.3 is 18.9 Å². The Bertz CT molecular complexity index is 1200. The summed E-state index contributed by atoms with van der Waals surface area (Å²) in [6.45, 7) is -0.0135. The maximum Gasteiger partial charge on any atom is 0.515 e. The lowest BCUT2D eigenvalue weighted by Crippen LogP contribution is -2.15. The molecule has 0 N–H and O–H groups in total. The van der Waals surface area contributed by atoms with Crippen LogP contribution < -0.4 is 9.47 Å². The number of fused-ring (bicyclic) bond motifs is 3. The Morgan fingerprint density at radius 2 is 1.58 bits per heavy atom. The van der Waals surface area contributed by atoms with Gasteiger partial charge in [-0.1, -0.05) is 30.3 Å². The van der Waals surface area contributed by atoms with Crippen LogP contribution in [-0.4, -0.2) is 41.8 Å². The van der Waals surface area contributed by atoms with E-state index in [1.54, 1.807) is 42.5 Å². The highest BCUT2D eigenvalue weighted by atomic mass is 19.1. The smallest absolute Gasteiger partial charge is 0.437 e. The predicted molar refractivity (Wildman–Crippen MR) is 105 cm³/mol. The molecule has 31 heavy (non-hydrogen) atoms. The van der Waals surface area contributed by atoms with Gasteiger partial charge >= 0.3 is 12.3 Å². The Balaban J connectivity index is 1.92. The fraction of sp³-hybridized carbons (Fsp3) is 0.143. The minimum atomic E-state index is -1.05. The van der Waals surface area contributed by atoms with Gasteiger partial charge in [-0.05, 0) is 18.2 Å². The molecule has 0 spiro atoms. The van der Waals surface area contributed by atoms with Crippen molar-refractivity contribution in [1.82, 2.24) is 9.55 Å². The summed E-state index contributed by atoms with van der Waals surface area (Å²) in [7, 11) is 2.26. The van der Waals surface area contributed by atoms with Crippen LogP contribution in [0.2, 0.25) is 0 Å². The molecule has 0 bridgehead atoms. The summed E-state index contributed by atoms with van der Waals surface area (Å²) >= 11 is 0. The maximum atomic E-state index is 14.5. The van der Waals surface area contributed by atoms with Crippen molar-refractivity contribution in [2.45, 2.75) is 6.54 Å². The van der Waals surface area contributed by atoms with E-state index in [4.69, 9.17) is 9.47 Å². The first kappa shape index (κ1) is 20.1. The van der Waals surface area contributed by atoms with E-state index in [1.165, 1.54) is 10.6 Å². The molecule has 0 saturated heterocycles. The highest BCUT2D eigenvalue weighted by Gasteiger charge is 2.30. The van der Waals surface area contributed by atoms with Crippen LogP contribution in [0.25, 0.3) is 5.69 Å². The first-order chi connectivity index (χ1) is 15.0. The zero-order chi connectivity index (χ0) is 22.0. The summed E-state index contributed by atoms with van der Waals surface area (Å²) in [5.41, 5.74) is 1.76. The topological polar surface area (TPSA) is 101 Å². The highest BCUT2D eigenvalue weighted by molar-refractivity contribution is 6.15. The van der Waals surface area contributed by atoms with Crippen LogP contribution in [0.4, 0.5) is 14.0 Å². The molecule has 0 amide bonds. The van der Waals surface area contributed by atoms with E-state index in [2.05, 4.69) is 19.5 Å². The van der Waals surface area contributed by atoms with Crippen LogP contribution in [0.1, 0.15) is 17.0 Å². The van der Waals surface area contributed by atoms with Crippen LogP contribution in [0.5, 0.6) is 11.8 Å². The molecule has 0 aliphatic carbocycles. The number of hydrogen-bond donors (Lipinski definition) is 0. The lowest BCUT2D eigenvalue weighted by Gasteiger charge is -2.14. The number of halogens is 1. The first-order valence-corrected chi connectivity index (χ1v) is 9.05. The van der Waals surface area contributed by atoms with Crippen LogP contribution in [0, 0.1) is 5.82 Å². The van der Waals surface area contributed by atoms with Crippen molar-refractivity contribution in [3.63, 3.8) is 0 Å². The number of ether oxygens (including phenoxy) is 4. The van der Waals surface area contributed by atoms with E-state index in [1.807, 2.05) is 0 Å². The van der Waals surface area contributed by atoms with E-state index in [9.17, 15) is 14.0 Å². The number of benzene rings is 2. The van der Waals surface area contributed by atoms with Crippen molar-refractivity contribution >= 4 is 18.0 Å². The second-order valence-corrected chi connectivity index (χ2v) is 6.25. The molecule has 2 aromatic carbocycles. The molecule has 0 saturated carbocycles. The van der Waals surface area contributed by atoms with E-state index >= 15 is 0 Å². The maximum absolute atomic E-state index is 14.5. The average molecular weight is 425 g/mol. The van der Waals surface area contributed by atoms with Crippen molar-refractivity contribution < 1.29 is 32.9 Å². The quantitative estimate of drug-likeness (QED) is 0.590. The molecule has 4 rings (SSSR count). The van der Waals surface area contributed by atoms with Gasteiger partial charge in [-0.25, -0.2) is 14.0 Å². The highest BCUT2D eigenvalue weighted by Crippen LogP contribution is 2.36. The molecule has 0 radical (unpaired) electrons. The number of carbonyl (C=O) groups excluding carboxylic acids is 2. The number of hydrogen-bond acceptors (Lipinski definition) is 8. The summed E-state index contributed by atoms with van der Waals surface area (Å²) in [6, 6.07) is 13.2. The third kappa shape index (κ3) is 3.70. The minimum absolute atomic E-state index is 0.0135. The Kier molecular flexibility index (Phi) is 5.35. The summed E-state index contributed by atoms with van der Waals surface area (Å²) in [5, 5.41) is 0. The van der Waals surface area contributed by atoms with Crippen LogP contribution >= 0.6 is 0 Å². The van der Waals surface area contributed by atoms with Crippen molar-refractivity contribution in [3.05, 3.63) is 71.3 Å². The fourth-order valence-electron chi connectivity index (χ4n) is 3.17. The normalized spacial score (nSPS) is 12.0. The van der Waals surface area contributed by atoms with Gasteiger partial charge in [0.1, 0.15) is 11.6 Å². The number of aromatic nitrogens is 2. The number of nitrogens with zero attached hydrogens (tertiary/aromatic N) is 3. The molecule has 158 valence electrons. The van der Waals surface area contributed by atoms with Gasteiger partial charge in [0, 0.05) is 11.1 Å². The van der Waals surface area contributed by atoms with E-state index < -0.39 is 18.1 Å². The monoisotopic (exact) mass is 425 g/mol. The molecule has 0 unspecified atom stereocenters. The number of para-hydroxylation sites is 1. The fourth-order valence-corrected chi connectivity index (χ4v) is 3.17. The molecular formula is C21H16FN3O6. The third-order valence-corrected chi connectivity index (χ3v) is 4.48. The van der Waals surface area contributed by atoms with Crippen LogP contribution in [0.15, 0.2) is 53.5 Å². The van der Waals surface area contributed by atoms with Gasteiger partial charge in [0.15, 0.2) is 0 Å². The molecule has 0 atom stereocenters. The largest absolute Gasteiger partial charge is 0.515 e. The molecule has 10 heteroatoms. The van der Waals surface area contributed by atoms with Crippen molar-refractivity contribution in [2.75, 3.05) is 14.2 Å². The summed E-state index contributed by atoms with van der Waals surface area (Å²) in [4.78, 5) is 32.3. The summed E-state index contributed by atoms with van der Waals surface area (Å²) in [5.74, 6) is -0.649. The molecule has 3 aromatic rings. The van der Waals surface area contributed by atoms with E-state index in [0.717, 1.165) is 14.2 Å².